The Labute approximate surface area is 140 Å². The number of benzene rings is 1. The van der Waals surface area contributed by atoms with Crippen LogP contribution in [-0.2, 0) is 10.0 Å². The monoisotopic (exact) mass is 368 g/mol. The summed E-state index contributed by atoms with van der Waals surface area (Å²) < 4.78 is 41.1. The molecule has 1 aromatic rings. The molecule has 0 spiro atoms. The predicted molar refractivity (Wildman–Crippen MR) is 86.5 cm³/mol. The average Bonchev–Trinajstić information content (AvgIpc) is 2.50. The van der Waals surface area contributed by atoms with Crippen LogP contribution in [0.1, 0.15) is 26.2 Å². The van der Waals surface area contributed by atoms with Gasteiger partial charge in [0.1, 0.15) is 4.90 Å². The lowest BCUT2D eigenvalue weighted by atomic mass is 10.1. The van der Waals surface area contributed by atoms with Gasteiger partial charge in [-0.3, -0.25) is 0 Å². The third-order valence-electron chi connectivity index (χ3n) is 3.75. The first kappa shape index (κ1) is 17.9. The van der Waals surface area contributed by atoms with Crippen LogP contribution in [0.25, 0.3) is 0 Å². The molecule has 1 aliphatic rings. The molecule has 1 aliphatic heterocycles. The molecule has 1 aromatic carbocycles. The van der Waals surface area contributed by atoms with Crippen molar-refractivity contribution in [3.8, 4) is 0 Å². The number of nitrogens with one attached hydrogen (secondary N) is 1. The minimum atomic E-state index is -3.86. The van der Waals surface area contributed by atoms with E-state index in [0.717, 1.165) is 25.9 Å². The van der Waals surface area contributed by atoms with Gasteiger partial charge in [-0.25, -0.2) is 12.8 Å². The molecule has 22 heavy (non-hydrogen) atoms. The second-order valence-electron chi connectivity index (χ2n) is 5.27. The van der Waals surface area contributed by atoms with Gasteiger partial charge in [0.15, 0.2) is 5.82 Å². The summed E-state index contributed by atoms with van der Waals surface area (Å²) in [5.74, 6) is -0.897. The summed E-state index contributed by atoms with van der Waals surface area (Å²) in [6.45, 7) is 3.83. The van der Waals surface area contributed by atoms with E-state index < -0.39 is 20.9 Å². The zero-order valence-electron chi connectivity index (χ0n) is 12.3. The van der Waals surface area contributed by atoms with Gasteiger partial charge >= 0.3 is 0 Å². The number of nitrogens with zero attached hydrogens (tertiary/aromatic N) is 1. The van der Waals surface area contributed by atoms with Crippen LogP contribution in [-0.4, -0.2) is 38.4 Å². The van der Waals surface area contributed by atoms with Crippen molar-refractivity contribution in [2.75, 3.05) is 19.6 Å². The highest BCUT2D eigenvalue weighted by Gasteiger charge is 2.34. The van der Waals surface area contributed by atoms with Crippen molar-refractivity contribution in [3.05, 3.63) is 28.0 Å². The molecule has 0 amide bonds. The number of rotatable bonds is 5. The molecule has 1 N–H and O–H groups in total. The minimum Gasteiger partial charge on any atom is -0.317 e. The number of sulfonamides is 1. The second kappa shape index (κ2) is 7.45. The van der Waals surface area contributed by atoms with E-state index in [1.165, 1.54) is 16.4 Å². The van der Waals surface area contributed by atoms with Crippen LogP contribution in [0, 0.1) is 5.82 Å². The number of hydrogen-bond acceptors (Lipinski definition) is 3. The van der Waals surface area contributed by atoms with E-state index in [9.17, 15) is 12.8 Å². The van der Waals surface area contributed by atoms with Crippen molar-refractivity contribution in [1.29, 1.82) is 0 Å². The fraction of sp³-hybridized carbons (Fsp3) is 0.571. The molecule has 1 heterocycles. The van der Waals surface area contributed by atoms with Crippen LogP contribution in [0.3, 0.4) is 0 Å². The summed E-state index contributed by atoms with van der Waals surface area (Å²) in [7, 11) is -3.86. The average molecular weight is 369 g/mol. The van der Waals surface area contributed by atoms with Gasteiger partial charge in [-0.15, -0.1) is 0 Å². The van der Waals surface area contributed by atoms with E-state index in [1.807, 2.05) is 6.92 Å². The molecule has 124 valence electrons. The van der Waals surface area contributed by atoms with Gasteiger partial charge in [0.2, 0.25) is 10.0 Å². The van der Waals surface area contributed by atoms with Crippen molar-refractivity contribution < 1.29 is 12.8 Å². The molecule has 1 fully saturated rings. The quantitative estimate of drug-likeness (QED) is 0.811. The predicted octanol–water partition coefficient (Wildman–Crippen LogP) is 3.29. The third kappa shape index (κ3) is 3.57. The molecule has 0 atom stereocenters. The van der Waals surface area contributed by atoms with Gasteiger partial charge in [0.05, 0.1) is 10.0 Å². The number of hydrogen-bond donors (Lipinski definition) is 1. The Morgan fingerprint density at radius 1 is 1.32 bits per heavy atom. The number of piperidine rings is 1. The summed E-state index contributed by atoms with van der Waals surface area (Å²) in [6.07, 6.45) is 2.14. The van der Waals surface area contributed by atoms with Crippen molar-refractivity contribution in [2.24, 2.45) is 0 Å². The molecule has 0 radical (unpaired) electrons. The van der Waals surface area contributed by atoms with Gasteiger partial charge in [-0.1, -0.05) is 30.1 Å². The lowest BCUT2D eigenvalue weighted by molar-refractivity contribution is 0.262. The van der Waals surface area contributed by atoms with Crippen molar-refractivity contribution in [2.45, 2.75) is 37.1 Å². The van der Waals surface area contributed by atoms with Crippen LogP contribution in [0.2, 0.25) is 10.0 Å². The molecule has 4 nitrogen and oxygen atoms in total. The molecular formula is C14H19Cl2FN2O2S. The van der Waals surface area contributed by atoms with Gasteiger partial charge in [0.25, 0.3) is 0 Å². The van der Waals surface area contributed by atoms with Crippen molar-refractivity contribution in [1.82, 2.24) is 9.62 Å². The lowest BCUT2D eigenvalue weighted by Gasteiger charge is -2.33. The van der Waals surface area contributed by atoms with E-state index in [1.54, 1.807) is 0 Å². The van der Waals surface area contributed by atoms with Crippen LogP contribution >= 0.6 is 23.2 Å². The lowest BCUT2D eigenvalue weighted by Crippen LogP contribution is -2.46. The first-order valence-corrected chi connectivity index (χ1v) is 9.45. The highest BCUT2D eigenvalue weighted by atomic mass is 35.5. The Morgan fingerprint density at radius 3 is 2.55 bits per heavy atom. The fourth-order valence-corrected chi connectivity index (χ4v) is 5.15. The Morgan fingerprint density at radius 2 is 1.95 bits per heavy atom. The smallest absolute Gasteiger partial charge is 0.244 e. The Balaban J connectivity index is 2.43. The van der Waals surface area contributed by atoms with Crippen LogP contribution in [0.4, 0.5) is 4.39 Å². The van der Waals surface area contributed by atoms with Crippen molar-refractivity contribution in [3.63, 3.8) is 0 Å². The molecule has 0 unspecified atom stereocenters. The van der Waals surface area contributed by atoms with Gasteiger partial charge in [0, 0.05) is 12.6 Å². The molecule has 2 rings (SSSR count). The Bertz CT molecular complexity index is 634. The Hall–Kier alpha value is -0.400. The maximum atomic E-state index is 13.9. The molecule has 0 aromatic heterocycles. The first-order chi connectivity index (χ1) is 10.4. The normalized spacial score (nSPS) is 17.1. The van der Waals surface area contributed by atoms with E-state index in [4.69, 9.17) is 23.2 Å². The summed E-state index contributed by atoms with van der Waals surface area (Å²) in [5.41, 5.74) is 0. The highest BCUT2D eigenvalue weighted by Crippen LogP contribution is 2.33. The molecular weight excluding hydrogens is 350 g/mol. The maximum absolute atomic E-state index is 13.9. The topological polar surface area (TPSA) is 49.4 Å². The molecule has 0 bridgehead atoms. The van der Waals surface area contributed by atoms with Crippen LogP contribution in [0.5, 0.6) is 0 Å². The van der Waals surface area contributed by atoms with Gasteiger partial charge in [-0.2, -0.15) is 4.31 Å². The van der Waals surface area contributed by atoms with E-state index >= 15 is 0 Å². The summed E-state index contributed by atoms with van der Waals surface area (Å²) in [4.78, 5) is -0.219. The van der Waals surface area contributed by atoms with E-state index in [0.29, 0.717) is 13.0 Å². The molecule has 0 aliphatic carbocycles. The number of halogens is 3. The zero-order chi connectivity index (χ0) is 16.3. The second-order valence-corrected chi connectivity index (χ2v) is 7.91. The third-order valence-corrected chi connectivity index (χ3v) is 6.51. The molecule has 0 saturated carbocycles. The maximum Gasteiger partial charge on any atom is 0.244 e. The van der Waals surface area contributed by atoms with Crippen LogP contribution in [0.15, 0.2) is 17.0 Å². The van der Waals surface area contributed by atoms with E-state index in [-0.39, 0.29) is 16.0 Å². The van der Waals surface area contributed by atoms with Crippen LogP contribution < -0.4 is 5.32 Å². The van der Waals surface area contributed by atoms with Gasteiger partial charge in [-0.05, 0) is 44.5 Å². The summed E-state index contributed by atoms with van der Waals surface area (Å²) in [6, 6.07) is 2.40. The van der Waals surface area contributed by atoms with E-state index in [2.05, 4.69) is 5.32 Å². The SMILES string of the molecule is CCCN(C1CCNCC1)S(=O)(=O)c1ccc(Cl)c(F)c1Cl. The summed E-state index contributed by atoms with van der Waals surface area (Å²) >= 11 is 11.5. The van der Waals surface area contributed by atoms with Gasteiger partial charge < -0.3 is 5.32 Å². The molecule has 8 heteroatoms. The molecule has 1 saturated heterocycles. The van der Waals surface area contributed by atoms with Crippen molar-refractivity contribution >= 4 is 33.2 Å². The highest BCUT2D eigenvalue weighted by molar-refractivity contribution is 7.89. The standard InChI is InChI=1S/C14H19Cl2FN2O2S/c1-2-9-19(10-5-7-18-8-6-10)22(20,21)12-4-3-11(15)14(17)13(12)16/h3-4,10,18H,2,5-9H2,1H3. The largest absolute Gasteiger partial charge is 0.317 e. The Kier molecular flexibility index (Phi) is 6.07. The first-order valence-electron chi connectivity index (χ1n) is 7.25. The fourth-order valence-electron chi connectivity index (χ4n) is 2.65. The summed E-state index contributed by atoms with van der Waals surface area (Å²) in [5, 5.41) is 2.58. The zero-order valence-corrected chi connectivity index (χ0v) is 14.6. The minimum absolute atomic E-state index is 0.0963.